The van der Waals surface area contributed by atoms with Gasteiger partial charge < -0.3 is 4.74 Å². The van der Waals surface area contributed by atoms with Crippen LogP contribution in [0.25, 0.3) is 0 Å². The summed E-state index contributed by atoms with van der Waals surface area (Å²) in [4.78, 5) is -0.588. The minimum absolute atomic E-state index is 0.0750. The van der Waals surface area contributed by atoms with Crippen LogP contribution in [-0.4, -0.2) is 27.7 Å². The van der Waals surface area contributed by atoms with E-state index in [1.165, 1.54) is 0 Å². The molecular formula is C12H14BrF2NO3S. The molecule has 2 rings (SSSR count). The first-order chi connectivity index (χ1) is 9.40. The Hall–Kier alpha value is -0.570. The van der Waals surface area contributed by atoms with Crippen LogP contribution < -0.4 is 4.72 Å². The van der Waals surface area contributed by atoms with Gasteiger partial charge in [0, 0.05) is 23.7 Å². The average molecular weight is 370 g/mol. The number of rotatable bonds is 4. The first-order valence-electron chi connectivity index (χ1n) is 6.16. The molecule has 112 valence electrons. The summed E-state index contributed by atoms with van der Waals surface area (Å²) in [7, 11) is -4.06. The van der Waals surface area contributed by atoms with Gasteiger partial charge >= 0.3 is 0 Å². The maximum absolute atomic E-state index is 13.7. The van der Waals surface area contributed by atoms with E-state index in [2.05, 4.69) is 20.7 Å². The summed E-state index contributed by atoms with van der Waals surface area (Å²) in [6.07, 6.45) is 2.48. The summed E-state index contributed by atoms with van der Waals surface area (Å²) in [6, 6.07) is 1.45. The molecule has 1 aliphatic rings. The first kappa shape index (κ1) is 15.8. The largest absolute Gasteiger partial charge is 0.377 e. The van der Waals surface area contributed by atoms with Gasteiger partial charge in [0.05, 0.1) is 6.10 Å². The molecule has 0 amide bonds. The third-order valence-corrected chi connectivity index (χ3v) is 5.39. The van der Waals surface area contributed by atoms with Crippen molar-refractivity contribution in [3.05, 3.63) is 28.2 Å². The number of benzene rings is 1. The van der Waals surface area contributed by atoms with Crippen LogP contribution in [0.3, 0.4) is 0 Å². The van der Waals surface area contributed by atoms with Gasteiger partial charge in [0.15, 0.2) is 0 Å². The lowest BCUT2D eigenvalue weighted by Gasteiger charge is -2.22. The average Bonchev–Trinajstić information content (AvgIpc) is 2.36. The Kier molecular flexibility index (Phi) is 5.11. The number of hydrogen-bond acceptors (Lipinski definition) is 3. The van der Waals surface area contributed by atoms with Crippen LogP contribution in [-0.2, 0) is 14.8 Å². The highest BCUT2D eigenvalue weighted by Gasteiger charge is 2.25. The van der Waals surface area contributed by atoms with Crippen molar-refractivity contribution >= 4 is 26.0 Å². The third kappa shape index (κ3) is 3.75. The van der Waals surface area contributed by atoms with Crippen molar-refractivity contribution < 1.29 is 21.9 Å². The topological polar surface area (TPSA) is 55.4 Å². The molecule has 1 aromatic rings. The van der Waals surface area contributed by atoms with Crippen molar-refractivity contribution in [1.29, 1.82) is 0 Å². The summed E-state index contributed by atoms with van der Waals surface area (Å²) < 4.78 is 58.3. The zero-order chi connectivity index (χ0) is 14.8. The van der Waals surface area contributed by atoms with Crippen LogP contribution in [0.4, 0.5) is 8.78 Å². The fraction of sp³-hybridized carbons (Fsp3) is 0.500. The van der Waals surface area contributed by atoms with Gasteiger partial charge in [-0.1, -0.05) is 0 Å². The van der Waals surface area contributed by atoms with Gasteiger partial charge in [0.1, 0.15) is 16.5 Å². The molecule has 1 fully saturated rings. The molecule has 1 atom stereocenters. The van der Waals surface area contributed by atoms with E-state index in [-0.39, 0.29) is 17.1 Å². The summed E-state index contributed by atoms with van der Waals surface area (Å²) in [5.74, 6) is -1.97. The fourth-order valence-corrected chi connectivity index (χ4v) is 4.26. The van der Waals surface area contributed by atoms with Crippen LogP contribution in [0.2, 0.25) is 0 Å². The summed E-state index contributed by atoms with van der Waals surface area (Å²) in [6.45, 7) is 0.673. The molecule has 1 saturated heterocycles. The number of nitrogens with one attached hydrogen (secondary N) is 1. The van der Waals surface area contributed by atoms with Crippen LogP contribution in [0.15, 0.2) is 21.5 Å². The Morgan fingerprint density at radius 3 is 2.70 bits per heavy atom. The van der Waals surface area contributed by atoms with Crippen molar-refractivity contribution in [2.24, 2.45) is 0 Å². The molecule has 0 radical (unpaired) electrons. The molecule has 1 N–H and O–H groups in total. The van der Waals surface area contributed by atoms with E-state index in [1.807, 2.05) is 0 Å². The Balaban J connectivity index is 2.14. The van der Waals surface area contributed by atoms with Gasteiger partial charge in [-0.15, -0.1) is 0 Å². The number of halogens is 3. The molecular weight excluding hydrogens is 356 g/mol. The molecule has 20 heavy (non-hydrogen) atoms. The van der Waals surface area contributed by atoms with Crippen LogP contribution >= 0.6 is 15.9 Å². The summed E-state index contributed by atoms with van der Waals surface area (Å²) in [5, 5.41) is 0. The van der Waals surface area contributed by atoms with E-state index in [4.69, 9.17) is 4.74 Å². The highest BCUT2D eigenvalue weighted by Crippen LogP contribution is 2.26. The number of hydrogen-bond donors (Lipinski definition) is 1. The van der Waals surface area contributed by atoms with Gasteiger partial charge in [-0.05, 0) is 41.3 Å². The molecule has 0 saturated carbocycles. The van der Waals surface area contributed by atoms with Crippen LogP contribution in [0.5, 0.6) is 0 Å². The minimum Gasteiger partial charge on any atom is -0.377 e. The zero-order valence-electron chi connectivity index (χ0n) is 10.5. The third-order valence-electron chi connectivity index (χ3n) is 3.01. The van der Waals surface area contributed by atoms with Crippen molar-refractivity contribution in [2.75, 3.05) is 13.2 Å². The Bertz CT molecular complexity index is 565. The smallest absolute Gasteiger partial charge is 0.244 e. The quantitative estimate of drug-likeness (QED) is 0.887. The fourth-order valence-electron chi connectivity index (χ4n) is 2.03. The summed E-state index contributed by atoms with van der Waals surface area (Å²) in [5.41, 5.74) is 0. The molecule has 1 unspecified atom stereocenters. The van der Waals surface area contributed by atoms with E-state index in [0.717, 1.165) is 25.3 Å². The Labute approximate surface area is 124 Å². The van der Waals surface area contributed by atoms with Gasteiger partial charge in [-0.2, -0.15) is 0 Å². The van der Waals surface area contributed by atoms with E-state index >= 15 is 0 Å². The van der Waals surface area contributed by atoms with E-state index in [0.29, 0.717) is 12.7 Å². The first-order valence-corrected chi connectivity index (χ1v) is 8.43. The standard InChI is InChI=1S/C12H14BrF2NO3S/c13-10-5-8(14)6-11(15)12(10)20(17,18)16-7-9-3-1-2-4-19-9/h5-6,9,16H,1-4,7H2. The van der Waals surface area contributed by atoms with E-state index in [1.54, 1.807) is 0 Å². The Morgan fingerprint density at radius 2 is 2.10 bits per heavy atom. The Morgan fingerprint density at radius 1 is 1.35 bits per heavy atom. The van der Waals surface area contributed by atoms with Crippen molar-refractivity contribution in [3.8, 4) is 0 Å². The monoisotopic (exact) mass is 369 g/mol. The van der Waals surface area contributed by atoms with E-state index in [9.17, 15) is 17.2 Å². The molecule has 1 heterocycles. The molecule has 8 heteroatoms. The van der Waals surface area contributed by atoms with Gasteiger partial charge in [-0.3, -0.25) is 0 Å². The van der Waals surface area contributed by atoms with Crippen molar-refractivity contribution in [2.45, 2.75) is 30.3 Å². The molecule has 0 bridgehead atoms. The molecule has 1 aliphatic heterocycles. The summed E-state index contributed by atoms with van der Waals surface area (Å²) >= 11 is 2.87. The predicted molar refractivity (Wildman–Crippen MR) is 72.8 cm³/mol. The molecule has 0 aromatic heterocycles. The van der Waals surface area contributed by atoms with Crippen molar-refractivity contribution in [3.63, 3.8) is 0 Å². The van der Waals surface area contributed by atoms with Crippen LogP contribution in [0, 0.1) is 11.6 Å². The predicted octanol–water partition coefficient (Wildman–Crippen LogP) is 2.57. The number of ether oxygens (including phenoxy) is 1. The molecule has 0 aliphatic carbocycles. The van der Waals surface area contributed by atoms with Gasteiger partial charge in [-0.25, -0.2) is 21.9 Å². The second-order valence-corrected chi connectivity index (χ2v) is 7.10. The maximum Gasteiger partial charge on any atom is 0.244 e. The minimum atomic E-state index is -4.06. The SMILES string of the molecule is O=S(=O)(NCC1CCCCO1)c1c(F)cc(F)cc1Br. The lowest BCUT2D eigenvalue weighted by molar-refractivity contribution is 0.0200. The maximum atomic E-state index is 13.7. The van der Waals surface area contributed by atoms with Crippen molar-refractivity contribution in [1.82, 2.24) is 4.72 Å². The van der Waals surface area contributed by atoms with Gasteiger partial charge in [0.2, 0.25) is 10.0 Å². The molecule has 0 spiro atoms. The lowest BCUT2D eigenvalue weighted by atomic mass is 10.1. The molecule has 4 nitrogen and oxygen atoms in total. The molecule has 1 aromatic carbocycles. The highest BCUT2D eigenvalue weighted by atomic mass is 79.9. The zero-order valence-corrected chi connectivity index (χ0v) is 12.9. The number of sulfonamides is 1. The highest BCUT2D eigenvalue weighted by molar-refractivity contribution is 9.10. The normalized spacial score (nSPS) is 20.1. The van der Waals surface area contributed by atoms with Crippen LogP contribution in [0.1, 0.15) is 19.3 Å². The second kappa shape index (κ2) is 6.46. The van der Waals surface area contributed by atoms with E-state index < -0.39 is 26.6 Å². The second-order valence-electron chi connectivity index (χ2n) is 4.54. The van der Waals surface area contributed by atoms with Gasteiger partial charge in [0.25, 0.3) is 0 Å². The lowest BCUT2D eigenvalue weighted by Crippen LogP contribution is -2.35.